The first-order valence-corrected chi connectivity index (χ1v) is 6.37. The van der Waals surface area contributed by atoms with Gasteiger partial charge in [0.15, 0.2) is 0 Å². The number of nitrogens with zero attached hydrogens (tertiary/aromatic N) is 1. The van der Waals surface area contributed by atoms with E-state index in [0.29, 0.717) is 30.0 Å². The van der Waals surface area contributed by atoms with Crippen LogP contribution in [0.5, 0.6) is 0 Å². The van der Waals surface area contributed by atoms with E-state index in [2.05, 4.69) is 20.6 Å². The number of aryl methyl sites for hydroxylation is 2. The summed E-state index contributed by atoms with van der Waals surface area (Å²) in [4.78, 5) is 30.2. The minimum Gasteiger partial charge on any atom is -0.338 e. The summed E-state index contributed by atoms with van der Waals surface area (Å²) in [5.41, 5.74) is 2.98. The number of carbonyl (C=O) groups excluding carboxylic acids is 2. The summed E-state index contributed by atoms with van der Waals surface area (Å²) in [6, 6.07) is 5.46. The number of rotatable bonds is 2. The molecule has 0 aliphatic carbocycles. The van der Waals surface area contributed by atoms with Crippen molar-refractivity contribution in [2.75, 3.05) is 10.6 Å². The Morgan fingerprint density at radius 1 is 1.35 bits per heavy atom. The quantitative estimate of drug-likeness (QED) is 0.778. The number of anilines is 2. The topological polar surface area (TPSA) is 86.9 Å². The van der Waals surface area contributed by atoms with Gasteiger partial charge in [0.1, 0.15) is 11.5 Å². The monoisotopic (exact) mass is 270 g/mol. The van der Waals surface area contributed by atoms with Gasteiger partial charge in [-0.2, -0.15) is 0 Å². The number of imidazole rings is 1. The normalized spacial score (nSPS) is 13.6. The van der Waals surface area contributed by atoms with E-state index in [1.165, 1.54) is 6.20 Å². The Labute approximate surface area is 115 Å². The van der Waals surface area contributed by atoms with Crippen LogP contribution in [-0.4, -0.2) is 21.8 Å². The Hall–Kier alpha value is -2.63. The predicted molar refractivity (Wildman–Crippen MR) is 74.7 cm³/mol. The molecule has 0 saturated heterocycles. The van der Waals surface area contributed by atoms with Crippen molar-refractivity contribution in [3.63, 3.8) is 0 Å². The molecule has 0 saturated carbocycles. The molecule has 2 aromatic rings. The first kappa shape index (κ1) is 12.4. The van der Waals surface area contributed by atoms with Gasteiger partial charge in [-0.3, -0.25) is 9.59 Å². The molecule has 1 aromatic heterocycles. The SMILES string of the molecule is Cc1ncc(C(=O)Nc2ccc3c(c2)CCC(=O)N3)[nH]1. The number of aromatic amines is 1. The van der Waals surface area contributed by atoms with Gasteiger partial charge in [0, 0.05) is 17.8 Å². The van der Waals surface area contributed by atoms with Gasteiger partial charge in [-0.15, -0.1) is 0 Å². The third-order valence-electron chi connectivity index (χ3n) is 3.21. The largest absolute Gasteiger partial charge is 0.338 e. The zero-order valence-electron chi connectivity index (χ0n) is 11.0. The summed E-state index contributed by atoms with van der Waals surface area (Å²) < 4.78 is 0. The molecule has 6 nitrogen and oxygen atoms in total. The van der Waals surface area contributed by atoms with Crippen molar-refractivity contribution in [3.05, 3.63) is 41.5 Å². The molecule has 6 heteroatoms. The lowest BCUT2D eigenvalue weighted by Crippen LogP contribution is -2.19. The van der Waals surface area contributed by atoms with Gasteiger partial charge in [-0.25, -0.2) is 4.98 Å². The number of aromatic nitrogens is 2. The van der Waals surface area contributed by atoms with E-state index in [1.807, 2.05) is 6.07 Å². The second-order valence-corrected chi connectivity index (χ2v) is 4.76. The lowest BCUT2D eigenvalue weighted by Gasteiger charge is -2.17. The van der Waals surface area contributed by atoms with Crippen molar-refractivity contribution in [1.29, 1.82) is 0 Å². The molecule has 20 heavy (non-hydrogen) atoms. The Bertz CT molecular complexity index is 690. The molecule has 2 amide bonds. The summed E-state index contributed by atoms with van der Waals surface area (Å²) in [7, 11) is 0. The lowest BCUT2D eigenvalue weighted by atomic mass is 10.0. The Morgan fingerprint density at radius 3 is 2.95 bits per heavy atom. The number of benzene rings is 1. The number of hydrogen-bond acceptors (Lipinski definition) is 3. The predicted octanol–water partition coefficient (Wildman–Crippen LogP) is 1.86. The van der Waals surface area contributed by atoms with Gasteiger partial charge in [0.05, 0.1) is 6.20 Å². The van der Waals surface area contributed by atoms with E-state index in [4.69, 9.17) is 0 Å². The van der Waals surface area contributed by atoms with Crippen LogP contribution in [0.2, 0.25) is 0 Å². The van der Waals surface area contributed by atoms with Crippen LogP contribution < -0.4 is 10.6 Å². The molecular weight excluding hydrogens is 256 g/mol. The van der Waals surface area contributed by atoms with E-state index < -0.39 is 0 Å². The van der Waals surface area contributed by atoms with Gasteiger partial charge in [-0.1, -0.05) is 0 Å². The zero-order chi connectivity index (χ0) is 14.1. The summed E-state index contributed by atoms with van der Waals surface area (Å²) >= 11 is 0. The maximum absolute atomic E-state index is 12.0. The molecule has 1 aliphatic heterocycles. The first-order valence-electron chi connectivity index (χ1n) is 6.37. The second-order valence-electron chi connectivity index (χ2n) is 4.76. The molecule has 1 aromatic carbocycles. The van der Waals surface area contributed by atoms with Crippen LogP contribution in [0.15, 0.2) is 24.4 Å². The molecule has 0 bridgehead atoms. The summed E-state index contributed by atoms with van der Waals surface area (Å²) in [6.45, 7) is 1.79. The van der Waals surface area contributed by atoms with Crippen LogP contribution >= 0.6 is 0 Å². The van der Waals surface area contributed by atoms with Crippen molar-refractivity contribution in [2.24, 2.45) is 0 Å². The highest BCUT2D eigenvalue weighted by molar-refractivity contribution is 6.03. The number of carbonyl (C=O) groups is 2. The molecule has 0 atom stereocenters. The first-order chi connectivity index (χ1) is 9.61. The summed E-state index contributed by atoms with van der Waals surface area (Å²) in [5, 5.41) is 5.62. The van der Waals surface area contributed by atoms with E-state index in [-0.39, 0.29) is 11.8 Å². The Kier molecular flexibility index (Phi) is 2.98. The fourth-order valence-corrected chi connectivity index (χ4v) is 2.20. The van der Waals surface area contributed by atoms with Gasteiger partial charge in [-0.05, 0) is 37.1 Å². The van der Waals surface area contributed by atoms with E-state index in [1.54, 1.807) is 19.1 Å². The van der Waals surface area contributed by atoms with Crippen LogP contribution in [-0.2, 0) is 11.2 Å². The Morgan fingerprint density at radius 2 is 2.20 bits per heavy atom. The fraction of sp³-hybridized carbons (Fsp3) is 0.214. The molecule has 3 N–H and O–H groups in total. The van der Waals surface area contributed by atoms with Crippen molar-refractivity contribution >= 4 is 23.2 Å². The minimum atomic E-state index is -0.231. The number of amides is 2. The average molecular weight is 270 g/mol. The number of hydrogen-bond donors (Lipinski definition) is 3. The van der Waals surface area contributed by atoms with Crippen LogP contribution in [0.25, 0.3) is 0 Å². The molecule has 0 radical (unpaired) electrons. The van der Waals surface area contributed by atoms with Crippen molar-refractivity contribution < 1.29 is 9.59 Å². The molecule has 0 spiro atoms. The van der Waals surface area contributed by atoms with Crippen LogP contribution in [0.3, 0.4) is 0 Å². The van der Waals surface area contributed by atoms with Gasteiger partial charge in [0.25, 0.3) is 5.91 Å². The lowest BCUT2D eigenvalue weighted by molar-refractivity contribution is -0.116. The van der Waals surface area contributed by atoms with Crippen molar-refractivity contribution in [2.45, 2.75) is 19.8 Å². The van der Waals surface area contributed by atoms with Gasteiger partial charge >= 0.3 is 0 Å². The van der Waals surface area contributed by atoms with Crippen molar-refractivity contribution in [1.82, 2.24) is 9.97 Å². The Balaban J connectivity index is 1.78. The third kappa shape index (κ3) is 2.40. The molecule has 1 aliphatic rings. The van der Waals surface area contributed by atoms with E-state index in [0.717, 1.165) is 11.3 Å². The highest BCUT2D eigenvalue weighted by Gasteiger charge is 2.15. The number of nitrogens with one attached hydrogen (secondary N) is 3. The van der Waals surface area contributed by atoms with Crippen molar-refractivity contribution in [3.8, 4) is 0 Å². The summed E-state index contributed by atoms with van der Waals surface area (Å²) in [5.74, 6) is 0.496. The van der Waals surface area contributed by atoms with Gasteiger partial charge in [0.2, 0.25) is 5.91 Å². The number of fused-ring (bicyclic) bond motifs is 1. The second kappa shape index (κ2) is 4.80. The maximum Gasteiger partial charge on any atom is 0.273 e. The van der Waals surface area contributed by atoms with E-state index >= 15 is 0 Å². The fourth-order valence-electron chi connectivity index (χ4n) is 2.20. The highest BCUT2D eigenvalue weighted by atomic mass is 16.2. The molecular formula is C14H14N4O2. The number of H-pyrrole nitrogens is 1. The zero-order valence-corrected chi connectivity index (χ0v) is 11.0. The average Bonchev–Trinajstić information content (AvgIpc) is 2.86. The van der Waals surface area contributed by atoms with Gasteiger partial charge < -0.3 is 15.6 Å². The van der Waals surface area contributed by atoms with Crippen LogP contribution in [0.1, 0.15) is 28.3 Å². The minimum absolute atomic E-state index is 0.0298. The molecule has 2 heterocycles. The molecule has 0 fully saturated rings. The highest BCUT2D eigenvalue weighted by Crippen LogP contribution is 2.25. The summed E-state index contributed by atoms with van der Waals surface area (Å²) in [6.07, 6.45) is 2.67. The molecule has 3 rings (SSSR count). The molecule has 102 valence electrons. The van der Waals surface area contributed by atoms with Crippen LogP contribution in [0, 0.1) is 6.92 Å². The van der Waals surface area contributed by atoms with E-state index in [9.17, 15) is 9.59 Å². The third-order valence-corrected chi connectivity index (χ3v) is 3.21. The maximum atomic E-state index is 12.0. The standard InChI is InChI=1S/C14H14N4O2/c1-8-15-7-12(16-8)14(20)17-10-3-4-11-9(6-10)2-5-13(19)18-11/h3-4,6-7H,2,5H2,1H3,(H,15,16)(H,17,20)(H,18,19). The molecule has 0 unspecified atom stereocenters. The smallest absolute Gasteiger partial charge is 0.273 e. The van der Waals surface area contributed by atoms with Crippen LogP contribution in [0.4, 0.5) is 11.4 Å².